The summed E-state index contributed by atoms with van der Waals surface area (Å²) < 4.78 is 264. The van der Waals surface area contributed by atoms with E-state index in [1.54, 1.807) is 0 Å². The largest absolute Gasteiger partial charge is 0.411 e. The zero-order valence-electron chi connectivity index (χ0n) is 42.9. The van der Waals surface area contributed by atoms with E-state index in [-0.39, 0.29) is 67.1 Å². The number of ether oxygens (including phenoxy) is 4. The van der Waals surface area contributed by atoms with Crippen LogP contribution < -0.4 is 0 Å². The molecule has 3 unspecified atom stereocenters. The van der Waals surface area contributed by atoms with Crippen LogP contribution in [0.4, 0.5) is 83.7 Å². The predicted octanol–water partition coefficient (Wildman–Crippen LogP) is 14.1. The third kappa shape index (κ3) is 17.4. The Kier molecular flexibility index (Phi) is 24.4. The number of rotatable bonds is 19. The summed E-state index contributed by atoms with van der Waals surface area (Å²) in [5.41, 5.74) is -11.1. The fraction of sp³-hybridized carbons (Fsp3) is 0.296. The molecule has 33 heteroatoms. The Bertz CT molecular complexity index is 3420. The van der Waals surface area contributed by atoms with Crippen LogP contribution in [-0.2, 0) is 60.1 Å². The lowest BCUT2D eigenvalue weighted by Gasteiger charge is -2.35. The first-order valence-corrected chi connectivity index (χ1v) is 24.5. The first-order chi connectivity index (χ1) is 39.3. The number of hydrogen-bond donors (Lipinski definition) is 1. The van der Waals surface area contributed by atoms with Crippen LogP contribution in [0.1, 0.15) is 52.3 Å². The van der Waals surface area contributed by atoms with Gasteiger partial charge in [-0.3, -0.25) is 19.7 Å². The molecule has 4 aromatic heterocycles. The van der Waals surface area contributed by atoms with Gasteiger partial charge in [-0.25, -0.2) is 31.0 Å². The van der Waals surface area contributed by atoms with Crippen molar-refractivity contribution in [3.63, 3.8) is 0 Å². The smallest absolute Gasteiger partial charge is 0.377 e. The molecule has 9 rings (SSSR count). The number of nitrogens with zero attached hydrogens (tertiary/aromatic N) is 7. The summed E-state index contributed by atoms with van der Waals surface area (Å²) in [5, 5.41) is 21.0. The van der Waals surface area contributed by atoms with Crippen LogP contribution in [0, 0.1) is 34.9 Å². The summed E-state index contributed by atoms with van der Waals surface area (Å²) in [7, 11) is 0. The van der Waals surface area contributed by atoms with Gasteiger partial charge in [0.2, 0.25) is 0 Å². The van der Waals surface area contributed by atoms with Crippen LogP contribution in [-0.4, -0.2) is 92.3 Å². The summed E-state index contributed by atoms with van der Waals surface area (Å²) in [4.78, 5) is 10.9. The number of pyridine rings is 3. The van der Waals surface area contributed by atoms with E-state index >= 15 is 8.78 Å². The number of epoxide rings is 2. The van der Waals surface area contributed by atoms with Crippen LogP contribution in [0.3, 0.4) is 0 Å². The molecule has 12 nitrogen and oxygen atoms in total. The minimum absolute atomic E-state index is 0. The number of alkyl halides is 12. The molecular weight excluding hydrogens is 1390 g/mol. The molecular formula is C54H44BrF19IN7O5. The Morgan fingerprint density at radius 1 is 0.575 bits per heavy atom. The lowest BCUT2D eigenvalue weighted by Crippen LogP contribution is -2.48. The van der Waals surface area contributed by atoms with Crippen molar-refractivity contribution in [2.75, 3.05) is 39.6 Å². The van der Waals surface area contributed by atoms with Gasteiger partial charge in [0, 0.05) is 58.0 Å². The Labute approximate surface area is 505 Å². The van der Waals surface area contributed by atoms with Gasteiger partial charge < -0.3 is 24.1 Å². The Balaban J connectivity index is 0.000000281. The Morgan fingerprint density at radius 2 is 0.989 bits per heavy atom. The lowest BCUT2D eigenvalue weighted by atomic mass is 9.84. The standard InChI is InChI=1S/C20H16F7N5O2.C19H14F7NO2.C14H8BrF4NO.CH4.FH.HI/c21-14-4-5-15(16(22)8-14)18(33,10-32-12-29-30-31-32)20(26,27)17-6-3-13(9-28-17)2-1-7-34-11-19(23,24)25;20-13-4-5-14(15(21)8-13)17(10-29-17)19(25,26)16-6-3-12(9-27-16)2-1-7-28-11-18(22,23)24;15-8-1-4-12(20-6-8)14(18,19)13(7-21-13)10-3-2-9(16)5-11(10)17;;;/h1-6,8-9,12,33H,7,10-11H2;1-6,8-9H,7,10-11H2;1-6H,7H2;1H4;2*1H/b2*2-1+;;;;. The van der Waals surface area contributed by atoms with Crippen molar-refractivity contribution < 1.29 is 108 Å². The number of hydrogen-bond acceptors (Lipinski definition) is 11. The fourth-order valence-electron chi connectivity index (χ4n) is 7.88. The van der Waals surface area contributed by atoms with E-state index in [2.05, 4.69) is 55.9 Å². The highest BCUT2D eigenvalue weighted by Gasteiger charge is 2.69. The molecule has 0 saturated carbocycles. The second-order valence-electron chi connectivity index (χ2n) is 18.1. The minimum Gasteiger partial charge on any atom is -0.377 e. The van der Waals surface area contributed by atoms with E-state index in [1.807, 2.05) is 0 Å². The third-order valence-electron chi connectivity index (χ3n) is 12.1. The maximum atomic E-state index is 15.6. The van der Waals surface area contributed by atoms with Crippen LogP contribution >= 0.6 is 39.9 Å². The van der Waals surface area contributed by atoms with Crippen LogP contribution in [0.5, 0.6) is 0 Å². The molecule has 1 N–H and O–H groups in total. The van der Waals surface area contributed by atoms with Gasteiger partial charge in [-0.2, -0.15) is 52.7 Å². The molecule has 0 bridgehead atoms. The van der Waals surface area contributed by atoms with Gasteiger partial charge in [0.25, 0.3) is 0 Å². The molecule has 2 fully saturated rings. The number of tetrazole rings is 1. The van der Waals surface area contributed by atoms with Crippen molar-refractivity contribution in [2.24, 2.45) is 0 Å². The van der Waals surface area contributed by atoms with Crippen LogP contribution in [0.15, 0.2) is 133 Å². The SMILES string of the molecule is C.F.Fc1ccc(C2(C(F)(F)c3ccc(/C=C/COCC(F)(F)F)cn3)CO2)c(F)c1.Fc1ccc(C2(C(F)(F)c3ccc(Br)cn3)CO2)c(F)c1.I.OC(Cn1cnnn1)(c1ccc(F)cc1F)C(F)(F)c1ccc(/C=C/COCC(F)(F)F)cn1. The molecule has 7 aromatic rings. The second kappa shape index (κ2) is 29.1. The third-order valence-corrected chi connectivity index (χ3v) is 12.6. The summed E-state index contributed by atoms with van der Waals surface area (Å²) in [6, 6.07) is 13.3. The molecule has 2 saturated heterocycles. The number of halogens is 21. The van der Waals surface area contributed by atoms with E-state index in [0.717, 1.165) is 71.9 Å². The van der Waals surface area contributed by atoms with Crippen molar-refractivity contribution in [3.05, 3.63) is 212 Å². The Hall–Kier alpha value is -6.66. The monoisotopic (exact) mass is 1440 g/mol. The molecule has 87 heavy (non-hydrogen) atoms. The van der Waals surface area contributed by atoms with Gasteiger partial charge in [-0.05, 0) is 98.1 Å². The van der Waals surface area contributed by atoms with Crippen molar-refractivity contribution in [1.82, 2.24) is 35.2 Å². The average molecular weight is 1440 g/mol. The zero-order valence-corrected chi connectivity index (χ0v) is 46.9. The molecule has 0 amide bonds. The van der Waals surface area contributed by atoms with Crippen molar-refractivity contribution in [1.29, 1.82) is 0 Å². The molecule has 2 aliphatic rings. The predicted molar refractivity (Wildman–Crippen MR) is 285 cm³/mol. The van der Waals surface area contributed by atoms with Crippen LogP contribution in [0.2, 0.25) is 0 Å². The summed E-state index contributed by atoms with van der Waals surface area (Å²) in [5.74, 6) is -17.9. The molecule has 0 spiro atoms. The molecule has 3 atom stereocenters. The molecule has 2 aliphatic heterocycles. The molecule has 6 heterocycles. The first-order valence-electron chi connectivity index (χ1n) is 23.7. The van der Waals surface area contributed by atoms with Gasteiger partial charge >= 0.3 is 30.1 Å². The molecule has 0 aliphatic carbocycles. The van der Waals surface area contributed by atoms with Crippen molar-refractivity contribution in [2.45, 2.75) is 60.9 Å². The highest BCUT2D eigenvalue weighted by atomic mass is 127. The average Bonchev–Trinajstić information content (AvgIpc) is 1.62. The maximum absolute atomic E-state index is 15.6. The van der Waals surface area contributed by atoms with Crippen molar-refractivity contribution >= 4 is 52.1 Å². The van der Waals surface area contributed by atoms with Gasteiger partial charge in [-0.1, -0.05) is 43.9 Å². The minimum atomic E-state index is -4.48. The van der Waals surface area contributed by atoms with E-state index in [1.165, 1.54) is 42.6 Å². The highest BCUT2D eigenvalue weighted by molar-refractivity contribution is 14.0. The van der Waals surface area contributed by atoms with Gasteiger partial charge in [-0.15, -0.1) is 29.1 Å². The van der Waals surface area contributed by atoms with Gasteiger partial charge in [0.05, 0.1) is 33.0 Å². The van der Waals surface area contributed by atoms with E-state index in [4.69, 9.17) is 9.47 Å². The topological polar surface area (TPSA) is 146 Å². The Morgan fingerprint density at radius 3 is 1.34 bits per heavy atom. The molecule has 0 radical (unpaired) electrons. The number of benzene rings is 3. The van der Waals surface area contributed by atoms with Crippen molar-refractivity contribution in [3.8, 4) is 0 Å². The van der Waals surface area contributed by atoms with Gasteiger partial charge in [0.1, 0.15) is 71.5 Å². The summed E-state index contributed by atoms with van der Waals surface area (Å²) in [6.07, 6.45) is 0.432. The summed E-state index contributed by atoms with van der Waals surface area (Å²) in [6.45, 7) is -5.38. The molecule has 472 valence electrons. The quantitative estimate of drug-likeness (QED) is 0.0357. The molecule has 3 aromatic carbocycles. The van der Waals surface area contributed by atoms with Crippen LogP contribution in [0.25, 0.3) is 12.2 Å². The highest BCUT2D eigenvalue weighted by Crippen LogP contribution is 2.58. The lowest BCUT2D eigenvalue weighted by molar-refractivity contribution is -0.207. The first kappa shape index (κ1) is 72.8. The second-order valence-corrected chi connectivity index (χ2v) is 19.0. The fourth-order valence-corrected chi connectivity index (χ4v) is 8.11. The van der Waals surface area contributed by atoms with Gasteiger partial charge in [0.15, 0.2) is 16.8 Å². The zero-order chi connectivity index (χ0) is 61.5. The summed E-state index contributed by atoms with van der Waals surface area (Å²) >= 11 is 3.10. The van der Waals surface area contributed by atoms with E-state index < -0.39 is 136 Å². The normalized spacial score (nSPS) is 17.4. The number of aromatic nitrogens is 7. The van der Waals surface area contributed by atoms with E-state index in [9.17, 15) is 75.4 Å². The maximum Gasteiger partial charge on any atom is 0.411 e. The number of aliphatic hydroxyl groups is 1. The van der Waals surface area contributed by atoms with E-state index in [0.29, 0.717) is 40.4 Å².